The first-order valence-corrected chi connectivity index (χ1v) is 6.81. The topological polar surface area (TPSA) is 79.8 Å². The average molecular weight is 332 g/mol. The third kappa shape index (κ3) is 7.08. The fourth-order valence-electron chi connectivity index (χ4n) is 1.32. The van der Waals surface area contributed by atoms with Crippen molar-refractivity contribution in [1.82, 2.24) is 10.7 Å². The number of ether oxygens (including phenoxy) is 1. The van der Waals surface area contributed by atoms with Crippen LogP contribution >= 0.6 is 23.2 Å². The molecule has 0 unspecified atom stereocenters. The highest BCUT2D eigenvalue weighted by Gasteiger charge is 2.07. The molecule has 0 aliphatic heterocycles. The Bertz CT molecular complexity index is 535. The van der Waals surface area contributed by atoms with E-state index in [-0.39, 0.29) is 6.42 Å². The first kappa shape index (κ1) is 17.4. The van der Waals surface area contributed by atoms with Crippen LogP contribution in [-0.4, -0.2) is 38.3 Å². The average Bonchev–Trinajstić information content (AvgIpc) is 2.41. The standard InChI is InChI=1S/C13H15Cl2N3O3/c1-21-5-4-16-12(19)7-13(20)18-17-8-9-2-3-10(14)6-11(9)15/h2-3,6,8H,4-5,7H2,1H3,(H,16,19)(H,18,20)/b17-8-. The molecule has 1 rings (SSSR count). The summed E-state index contributed by atoms with van der Waals surface area (Å²) in [7, 11) is 1.52. The van der Waals surface area contributed by atoms with Crippen LogP contribution in [0.15, 0.2) is 23.3 Å². The Balaban J connectivity index is 2.38. The quantitative estimate of drug-likeness (QED) is 0.344. The molecular formula is C13H15Cl2N3O3. The van der Waals surface area contributed by atoms with Crippen molar-refractivity contribution in [3.8, 4) is 0 Å². The molecule has 0 bridgehead atoms. The molecule has 2 N–H and O–H groups in total. The van der Waals surface area contributed by atoms with E-state index >= 15 is 0 Å². The maximum absolute atomic E-state index is 11.4. The molecule has 0 heterocycles. The van der Waals surface area contributed by atoms with Crippen LogP contribution in [0.4, 0.5) is 0 Å². The van der Waals surface area contributed by atoms with Gasteiger partial charge in [-0.1, -0.05) is 29.3 Å². The van der Waals surface area contributed by atoms with Crippen LogP contribution in [0, 0.1) is 0 Å². The van der Waals surface area contributed by atoms with Crippen molar-refractivity contribution >= 4 is 41.2 Å². The van der Waals surface area contributed by atoms with Crippen molar-refractivity contribution in [3.05, 3.63) is 33.8 Å². The Kier molecular flexibility index (Phi) is 7.74. The number of carbonyl (C=O) groups is 2. The minimum atomic E-state index is -0.522. The zero-order valence-electron chi connectivity index (χ0n) is 11.4. The van der Waals surface area contributed by atoms with Gasteiger partial charge in [-0.15, -0.1) is 0 Å². The van der Waals surface area contributed by atoms with Crippen LogP contribution < -0.4 is 10.7 Å². The van der Waals surface area contributed by atoms with Gasteiger partial charge in [0.2, 0.25) is 11.8 Å². The first-order chi connectivity index (χ1) is 10.0. The van der Waals surface area contributed by atoms with Crippen LogP contribution in [0.3, 0.4) is 0 Å². The number of nitrogens with one attached hydrogen (secondary N) is 2. The Morgan fingerprint density at radius 1 is 1.33 bits per heavy atom. The van der Waals surface area contributed by atoms with Crippen LogP contribution in [0.2, 0.25) is 10.0 Å². The largest absolute Gasteiger partial charge is 0.383 e. The molecule has 6 nitrogen and oxygen atoms in total. The number of rotatable bonds is 7. The number of hydrogen-bond acceptors (Lipinski definition) is 4. The summed E-state index contributed by atoms with van der Waals surface area (Å²) in [5.41, 5.74) is 2.84. The van der Waals surface area contributed by atoms with Crippen LogP contribution in [-0.2, 0) is 14.3 Å². The van der Waals surface area contributed by atoms with E-state index in [9.17, 15) is 9.59 Å². The summed E-state index contributed by atoms with van der Waals surface area (Å²) < 4.78 is 4.77. The molecule has 0 saturated heterocycles. The minimum Gasteiger partial charge on any atom is -0.383 e. The maximum Gasteiger partial charge on any atom is 0.249 e. The van der Waals surface area contributed by atoms with Gasteiger partial charge in [0.15, 0.2) is 0 Å². The van der Waals surface area contributed by atoms with E-state index in [1.54, 1.807) is 18.2 Å². The number of nitrogens with zero attached hydrogens (tertiary/aromatic N) is 1. The molecule has 8 heteroatoms. The molecule has 0 saturated carbocycles. The number of methoxy groups -OCH3 is 1. The van der Waals surface area contributed by atoms with Crippen molar-refractivity contribution in [2.45, 2.75) is 6.42 Å². The number of hydrogen-bond donors (Lipinski definition) is 2. The third-order valence-electron chi connectivity index (χ3n) is 2.30. The van der Waals surface area contributed by atoms with Crippen molar-refractivity contribution in [1.29, 1.82) is 0 Å². The van der Waals surface area contributed by atoms with Gasteiger partial charge >= 0.3 is 0 Å². The highest BCUT2D eigenvalue weighted by Crippen LogP contribution is 2.19. The molecule has 1 aromatic rings. The Hall–Kier alpha value is -1.63. The molecule has 21 heavy (non-hydrogen) atoms. The van der Waals surface area contributed by atoms with E-state index in [1.807, 2.05) is 0 Å². The van der Waals surface area contributed by atoms with Gasteiger partial charge in [-0.05, 0) is 12.1 Å². The Morgan fingerprint density at radius 2 is 2.10 bits per heavy atom. The fraction of sp³-hybridized carbons (Fsp3) is 0.308. The Labute approximate surface area is 132 Å². The normalized spacial score (nSPS) is 10.6. The highest BCUT2D eigenvalue weighted by atomic mass is 35.5. The van der Waals surface area contributed by atoms with Gasteiger partial charge in [0.05, 0.1) is 17.8 Å². The number of halogens is 2. The summed E-state index contributed by atoms with van der Waals surface area (Å²) in [5.74, 6) is -0.921. The second kappa shape index (κ2) is 9.33. The molecule has 114 valence electrons. The molecule has 2 amide bonds. The highest BCUT2D eigenvalue weighted by molar-refractivity contribution is 6.36. The van der Waals surface area contributed by atoms with Gasteiger partial charge in [0, 0.05) is 24.2 Å². The molecule has 0 aromatic heterocycles. The lowest BCUT2D eigenvalue weighted by Gasteiger charge is -2.03. The molecule has 0 radical (unpaired) electrons. The van der Waals surface area contributed by atoms with Gasteiger partial charge in [0.1, 0.15) is 6.42 Å². The molecule has 0 aliphatic carbocycles. The van der Waals surface area contributed by atoms with Gasteiger partial charge in [-0.2, -0.15) is 5.10 Å². The van der Waals surface area contributed by atoms with Crippen LogP contribution in [0.25, 0.3) is 0 Å². The molecular weight excluding hydrogens is 317 g/mol. The zero-order chi connectivity index (χ0) is 15.7. The van der Waals surface area contributed by atoms with Crippen molar-refractivity contribution in [2.24, 2.45) is 5.10 Å². The molecule has 0 aliphatic rings. The summed E-state index contributed by atoms with van der Waals surface area (Å²) in [6.45, 7) is 0.743. The SMILES string of the molecule is COCCNC(=O)CC(=O)N/N=C\c1ccc(Cl)cc1Cl. The van der Waals surface area contributed by atoms with Crippen molar-refractivity contribution < 1.29 is 14.3 Å². The van der Waals surface area contributed by atoms with Gasteiger partial charge in [0.25, 0.3) is 0 Å². The fourth-order valence-corrected chi connectivity index (χ4v) is 1.78. The van der Waals surface area contributed by atoms with Crippen molar-refractivity contribution in [3.63, 3.8) is 0 Å². The summed E-state index contributed by atoms with van der Waals surface area (Å²) in [6, 6.07) is 4.88. The number of amides is 2. The lowest BCUT2D eigenvalue weighted by Crippen LogP contribution is -2.31. The van der Waals surface area contributed by atoms with E-state index in [4.69, 9.17) is 27.9 Å². The van der Waals surface area contributed by atoms with Crippen LogP contribution in [0.5, 0.6) is 0 Å². The third-order valence-corrected chi connectivity index (χ3v) is 2.87. The summed E-state index contributed by atoms with van der Waals surface area (Å²) in [5, 5.41) is 7.17. The molecule has 1 aromatic carbocycles. The van der Waals surface area contributed by atoms with Gasteiger partial charge in [-0.25, -0.2) is 5.43 Å². The zero-order valence-corrected chi connectivity index (χ0v) is 12.9. The summed E-state index contributed by atoms with van der Waals surface area (Å²) >= 11 is 11.7. The monoisotopic (exact) mass is 331 g/mol. The maximum atomic E-state index is 11.4. The van der Waals surface area contributed by atoms with E-state index in [0.717, 1.165) is 0 Å². The van der Waals surface area contributed by atoms with E-state index in [1.165, 1.54) is 13.3 Å². The second-order valence-corrected chi connectivity index (χ2v) is 4.82. The predicted molar refractivity (Wildman–Crippen MR) is 81.7 cm³/mol. The summed E-state index contributed by atoms with van der Waals surface area (Å²) in [4.78, 5) is 22.8. The molecule has 0 atom stereocenters. The minimum absolute atomic E-state index is 0.310. The lowest BCUT2D eigenvalue weighted by atomic mass is 10.2. The summed E-state index contributed by atoms with van der Waals surface area (Å²) in [6.07, 6.45) is 1.06. The first-order valence-electron chi connectivity index (χ1n) is 6.05. The predicted octanol–water partition coefficient (Wildman–Crippen LogP) is 1.60. The van der Waals surface area contributed by atoms with Gasteiger partial charge < -0.3 is 10.1 Å². The van der Waals surface area contributed by atoms with Gasteiger partial charge in [-0.3, -0.25) is 9.59 Å². The molecule has 0 fully saturated rings. The number of benzene rings is 1. The lowest BCUT2D eigenvalue weighted by molar-refractivity contribution is -0.129. The van der Waals surface area contributed by atoms with E-state index in [2.05, 4.69) is 15.8 Å². The second-order valence-electron chi connectivity index (χ2n) is 3.98. The van der Waals surface area contributed by atoms with Crippen LogP contribution in [0.1, 0.15) is 12.0 Å². The Morgan fingerprint density at radius 3 is 2.76 bits per heavy atom. The number of hydrazone groups is 1. The van der Waals surface area contributed by atoms with Crippen molar-refractivity contribution in [2.75, 3.05) is 20.3 Å². The smallest absolute Gasteiger partial charge is 0.249 e. The van der Waals surface area contributed by atoms with E-state index < -0.39 is 11.8 Å². The molecule has 0 spiro atoms. The number of carbonyl (C=O) groups excluding carboxylic acids is 2. The van der Waals surface area contributed by atoms with E-state index in [0.29, 0.717) is 28.8 Å².